The van der Waals surface area contributed by atoms with Gasteiger partial charge in [-0.05, 0) is 49.2 Å². The van der Waals surface area contributed by atoms with Gasteiger partial charge in [0.1, 0.15) is 29.8 Å². The molecular formula is C31H34BrN2O3P. The van der Waals surface area contributed by atoms with Gasteiger partial charge in [0, 0.05) is 32.1 Å². The number of carbonyl (C=O) groups excluding carboxylic acids is 2. The molecule has 2 amide bonds. The molecule has 2 saturated heterocycles. The molecule has 0 spiro atoms. The molecule has 0 saturated carbocycles. The molecule has 0 bridgehead atoms. The molecule has 5 rings (SSSR count). The fraction of sp³-hybridized carbons (Fsp3) is 0.290. The van der Waals surface area contributed by atoms with Crippen LogP contribution in [0.4, 0.5) is 4.79 Å². The fourth-order valence-electron chi connectivity index (χ4n) is 5.97. The van der Waals surface area contributed by atoms with Crippen LogP contribution in [-0.2, 0) is 9.53 Å². The molecule has 5 nitrogen and oxygen atoms in total. The Balaban J connectivity index is 0.00000336. The number of likely N-dealkylation sites (tertiary alicyclic amines) is 2. The van der Waals surface area contributed by atoms with Crippen LogP contribution in [0.25, 0.3) is 0 Å². The Kier molecular flexibility index (Phi) is 9.40. The topological polar surface area (TPSA) is 49.9 Å². The van der Waals surface area contributed by atoms with Crippen molar-refractivity contribution in [3.05, 3.63) is 104 Å². The minimum atomic E-state index is -2.27. The summed E-state index contributed by atoms with van der Waals surface area (Å²) in [7, 11) is -2.27. The van der Waals surface area contributed by atoms with Gasteiger partial charge >= 0.3 is 6.09 Å². The second-order valence-electron chi connectivity index (χ2n) is 9.65. The average molecular weight is 594 g/mol. The molecule has 7 heteroatoms. The van der Waals surface area contributed by atoms with Crippen LogP contribution in [0.3, 0.4) is 0 Å². The third-order valence-corrected chi connectivity index (χ3v) is 12.4. The Bertz CT molecular complexity index is 1120. The minimum Gasteiger partial charge on any atom is -1.00 e. The number of halogens is 1. The van der Waals surface area contributed by atoms with Gasteiger partial charge in [-0.25, -0.2) is 4.79 Å². The molecule has 0 aliphatic carbocycles. The summed E-state index contributed by atoms with van der Waals surface area (Å²) in [5.41, 5.74) is -0.115. The van der Waals surface area contributed by atoms with Crippen LogP contribution in [0.1, 0.15) is 19.3 Å². The van der Waals surface area contributed by atoms with Crippen LogP contribution in [-0.4, -0.2) is 59.7 Å². The number of hydrogen-bond donors (Lipinski definition) is 0. The highest BCUT2D eigenvalue weighted by Crippen LogP contribution is 2.62. The summed E-state index contributed by atoms with van der Waals surface area (Å²) in [6.45, 7) is 5.78. The van der Waals surface area contributed by atoms with E-state index in [1.165, 1.54) is 15.9 Å². The Labute approximate surface area is 236 Å². The van der Waals surface area contributed by atoms with Gasteiger partial charge in [0.05, 0.1) is 0 Å². The summed E-state index contributed by atoms with van der Waals surface area (Å²) in [5, 5.41) is 3.73. The van der Waals surface area contributed by atoms with Gasteiger partial charge < -0.3 is 31.5 Å². The zero-order chi connectivity index (χ0) is 25.7. The maximum absolute atomic E-state index is 14.4. The van der Waals surface area contributed by atoms with Gasteiger partial charge in [0.25, 0.3) is 5.91 Å². The van der Waals surface area contributed by atoms with Crippen molar-refractivity contribution >= 4 is 35.2 Å². The SMILES string of the molecule is C=CCOC(=O)N1CCC(N2CC[C@@H]([P+](c3ccccc3)(c3ccccc3)c3ccccc3)C2=O)CC1.[Br-]. The highest BCUT2D eigenvalue weighted by atomic mass is 79.9. The fourth-order valence-corrected chi connectivity index (χ4v) is 10.9. The van der Waals surface area contributed by atoms with Crippen molar-refractivity contribution in [3.63, 3.8) is 0 Å². The first kappa shape index (κ1) is 28.1. The van der Waals surface area contributed by atoms with Gasteiger partial charge in [0.15, 0.2) is 5.66 Å². The maximum atomic E-state index is 14.4. The molecule has 0 radical (unpaired) electrons. The second-order valence-corrected chi connectivity index (χ2v) is 13.3. The maximum Gasteiger partial charge on any atom is 0.410 e. The highest BCUT2D eigenvalue weighted by Gasteiger charge is 2.59. The van der Waals surface area contributed by atoms with E-state index in [1.54, 1.807) is 11.0 Å². The van der Waals surface area contributed by atoms with Crippen LogP contribution < -0.4 is 32.9 Å². The number of carbonyl (C=O) groups is 2. The summed E-state index contributed by atoms with van der Waals surface area (Å²) in [5.74, 6) is 0.248. The largest absolute Gasteiger partial charge is 1.00 e. The summed E-state index contributed by atoms with van der Waals surface area (Å²) in [6, 6.07) is 32.1. The van der Waals surface area contributed by atoms with E-state index in [-0.39, 0.29) is 47.3 Å². The van der Waals surface area contributed by atoms with E-state index in [4.69, 9.17) is 4.74 Å². The van der Waals surface area contributed by atoms with Crippen molar-refractivity contribution in [2.24, 2.45) is 0 Å². The molecular weight excluding hydrogens is 559 g/mol. The number of hydrogen-bond acceptors (Lipinski definition) is 3. The summed E-state index contributed by atoms with van der Waals surface area (Å²) in [4.78, 5) is 30.5. The van der Waals surface area contributed by atoms with Gasteiger partial charge in [-0.3, -0.25) is 4.79 Å². The second kappa shape index (κ2) is 12.7. The lowest BCUT2D eigenvalue weighted by Crippen LogP contribution is -3.00. The first-order chi connectivity index (χ1) is 18.2. The van der Waals surface area contributed by atoms with Crippen molar-refractivity contribution in [1.29, 1.82) is 0 Å². The van der Waals surface area contributed by atoms with Gasteiger partial charge in [-0.15, -0.1) is 0 Å². The number of benzene rings is 3. The summed E-state index contributed by atoms with van der Waals surface area (Å²) in [6.07, 6.45) is 3.65. The predicted octanol–water partition coefficient (Wildman–Crippen LogP) is 1.37. The molecule has 198 valence electrons. The Morgan fingerprint density at radius 3 is 1.74 bits per heavy atom. The summed E-state index contributed by atoms with van der Waals surface area (Å²) >= 11 is 0. The average Bonchev–Trinajstić information content (AvgIpc) is 3.35. The lowest BCUT2D eigenvalue weighted by molar-refractivity contribution is -0.130. The molecule has 3 aromatic carbocycles. The molecule has 2 aliphatic rings. The third kappa shape index (κ3) is 5.30. The Morgan fingerprint density at radius 1 is 0.816 bits per heavy atom. The highest BCUT2D eigenvalue weighted by molar-refractivity contribution is 7.96. The Morgan fingerprint density at radius 2 is 1.29 bits per heavy atom. The molecule has 0 aromatic heterocycles. The van der Waals surface area contributed by atoms with Crippen molar-refractivity contribution in [1.82, 2.24) is 9.80 Å². The zero-order valence-electron chi connectivity index (χ0n) is 21.5. The molecule has 3 aromatic rings. The normalized spacial score (nSPS) is 18.1. The lowest BCUT2D eigenvalue weighted by atomic mass is 10.0. The van der Waals surface area contributed by atoms with E-state index in [0.29, 0.717) is 13.1 Å². The minimum absolute atomic E-state index is 0. The van der Waals surface area contributed by atoms with Crippen molar-refractivity contribution < 1.29 is 31.3 Å². The molecule has 0 N–H and O–H groups in total. The van der Waals surface area contributed by atoms with Crippen LogP contribution in [0.2, 0.25) is 0 Å². The molecule has 2 heterocycles. The Hall–Kier alpha value is -2.95. The van der Waals surface area contributed by atoms with Crippen LogP contribution in [0, 0.1) is 0 Å². The van der Waals surface area contributed by atoms with E-state index < -0.39 is 7.26 Å². The number of piperidine rings is 1. The van der Waals surface area contributed by atoms with Crippen LogP contribution >= 0.6 is 7.26 Å². The van der Waals surface area contributed by atoms with Gasteiger partial charge in [-0.1, -0.05) is 67.3 Å². The molecule has 1 atom stereocenters. The van der Waals surface area contributed by atoms with Crippen molar-refractivity contribution in [2.45, 2.75) is 31.0 Å². The number of nitrogens with zero attached hydrogens (tertiary/aromatic N) is 2. The zero-order valence-corrected chi connectivity index (χ0v) is 24.0. The first-order valence-corrected chi connectivity index (χ1v) is 14.9. The van der Waals surface area contributed by atoms with E-state index in [1.807, 2.05) is 18.2 Å². The first-order valence-electron chi connectivity index (χ1n) is 13.0. The predicted molar refractivity (Wildman–Crippen MR) is 151 cm³/mol. The third-order valence-electron chi connectivity index (χ3n) is 7.66. The van der Waals surface area contributed by atoms with Gasteiger partial charge in [0.2, 0.25) is 0 Å². The van der Waals surface area contributed by atoms with Gasteiger partial charge in [-0.2, -0.15) is 0 Å². The van der Waals surface area contributed by atoms with Crippen LogP contribution in [0.5, 0.6) is 0 Å². The monoisotopic (exact) mass is 592 g/mol. The summed E-state index contributed by atoms with van der Waals surface area (Å²) < 4.78 is 5.21. The molecule has 38 heavy (non-hydrogen) atoms. The van der Waals surface area contributed by atoms with E-state index in [2.05, 4.69) is 84.3 Å². The van der Waals surface area contributed by atoms with E-state index >= 15 is 0 Å². The number of rotatable bonds is 7. The standard InChI is InChI=1S/C31H34N2O3P.BrH/c1-2-24-36-31(35)32-21-18-25(19-22-32)33-23-20-29(30(33)34)37(26-12-6-3-7-13-26,27-14-8-4-9-15-27)28-16-10-5-11-17-28;/h2-17,25,29H,1,18-24H2;1H/q+1;/p-1/t29-;/m1./s1. The van der Waals surface area contributed by atoms with Crippen LogP contribution in [0.15, 0.2) is 104 Å². The van der Waals surface area contributed by atoms with E-state index in [0.717, 1.165) is 25.8 Å². The number of amides is 2. The van der Waals surface area contributed by atoms with Crippen molar-refractivity contribution in [3.8, 4) is 0 Å². The molecule has 2 aliphatic heterocycles. The van der Waals surface area contributed by atoms with E-state index in [9.17, 15) is 9.59 Å². The quantitative estimate of drug-likeness (QED) is 0.308. The molecule has 0 unspecified atom stereocenters. The lowest BCUT2D eigenvalue weighted by Gasteiger charge is -2.37. The molecule has 2 fully saturated rings. The smallest absolute Gasteiger partial charge is 0.410 e. The van der Waals surface area contributed by atoms with Crippen molar-refractivity contribution in [2.75, 3.05) is 26.2 Å². The number of ether oxygens (including phenoxy) is 1.